The van der Waals surface area contributed by atoms with Crippen LogP contribution in [0.15, 0.2) is 6.20 Å². The van der Waals surface area contributed by atoms with Crippen LogP contribution in [0, 0.1) is 6.92 Å². The zero-order valence-electron chi connectivity index (χ0n) is 11.5. The third-order valence-corrected chi connectivity index (χ3v) is 4.47. The zero-order chi connectivity index (χ0) is 13.5. The highest BCUT2D eigenvalue weighted by molar-refractivity contribution is 5.87. The highest BCUT2D eigenvalue weighted by atomic mass is 16.2. The van der Waals surface area contributed by atoms with Crippen LogP contribution >= 0.6 is 0 Å². The molecule has 1 aromatic heterocycles. The van der Waals surface area contributed by atoms with E-state index in [1.807, 2.05) is 18.0 Å². The smallest absolute Gasteiger partial charge is 0.243 e. The van der Waals surface area contributed by atoms with Gasteiger partial charge in [-0.2, -0.15) is 0 Å². The fourth-order valence-electron chi connectivity index (χ4n) is 3.40. The number of carbonyl (C=O) groups is 1. The van der Waals surface area contributed by atoms with Crippen LogP contribution in [-0.2, 0) is 4.79 Å². The number of hydrogen-bond donors (Lipinski definition) is 2. The van der Waals surface area contributed by atoms with Gasteiger partial charge in [0.2, 0.25) is 5.91 Å². The number of nitrogens with zero attached hydrogens (tertiary/aromatic N) is 2. The third-order valence-electron chi connectivity index (χ3n) is 4.47. The van der Waals surface area contributed by atoms with Crippen molar-refractivity contribution in [2.75, 3.05) is 6.54 Å². The molecule has 1 unspecified atom stereocenters. The minimum absolute atomic E-state index is 0.0854. The Morgan fingerprint density at radius 1 is 1.47 bits per heavy atom. The summed E-state index contributed by atoms with van der Waals surface area (Å²) in [6, 6.07) is 0.0854. The lowest BCUT2D eigenvalue weighted by Crippen LogP contribution is -2.53. The largest absolute Gasteiger partial charge is 0.344 e. The molecule has 5 nitrogen and oxygen atoms in total. The van der Waals surface area contributed by atoms with Gasteiger partial charge in [0.1, 0.15) is 5.82 Å². The van der Waals surface area contributed by atoms with Crippen LogP contribution in [0.4, 0.5) is 0 Å². The molecule has 0 spiro atoms. The number of rotatable bonds is 2. The summed E-state index contributed by atoms with van der Waals surface area (Å²) in [5.74, 6) is 1.03. The van der Waals surface area contributed by atoms with E-state index >= 15 is 0 Å². The first kappa shape index (κ1) is 12.7. The molecular weight excluding hydrogens is 240 g/mol. The Morgan fingerprint density at radius 2 is 2.21 bits per heavy atom. The maximum atomic E-state index is 12.7. The van der Waals surface area contributed by atoms with E-state index in [0.717, 1.165) is 56.6 Å². The number of H-pyrrole nitrogens is 1. The fourth-order valence-corrected chi connectivity index (χ4v) is 3.40. The van der Waals surface area contributed by atoms with Gasteiger partial charge in [-0.3, -0.25) is 4.79 Å². The monoisotopic (exact) mass is 262 g/mol. The molecule has 19 heavy (non-hydrogen) atoms. The van der Waals surface area contributed by atoms with Gasteiger partial charge in [0, 0.05) is 18.4 Å². The van der Waals surface area contributed by atoms with Crippen molar-refractivity contribution in [1.29, 1.82) is 0 Å². The number of nitrogens with one attached hydrogen (secondary N) is 1. The predicted molar refractivity (Wildman–Crippen MR) is 72.4 cm³/mol. The first-order chi connectivity index (χ1) is 9.10. The molecule has 3 rings (SSSR count). The molecule has 2 aliphatic rings. The number of aromatic nitrogens is 2. The van der Waals surface area contributed by atoms with Crippen LogP contribution in [0.3, 0.4) is 0 Å². The SMILES string of the molecule is Cc1cnc(C2CCCN2C(=O)C2(N)CCCC2)[nH]1. The summed E-state index contributed by atoms with van der Waals surface area (Å²) in [5, 5.41) is 0. The normalized spacial score (nSPS) is 26.0. The fraction of sp³-hybridized carbons (Fsp3) is 0.714. The lowest BCUT2D eigenvalue weighted by Gasteiger charge is -2.32. The number of likely N-dealkylation sites (tertiary alicyclic amines) is 1. The minimum Gasteiger partial charge on any atom is -0.344 e. The number of aryl methyl sites for hydroxylation is 1. The summed E-state index contributed by atoms with van der Waals surface area (Å²) in [6.45, 7) is 2.79. The second kappa shape index (κ2) is 4.63. The second-order valence-corrected chi connectivity index (χ2v) is 5.97. The van der Waals surface area contributed by atoms with Crippen molar-refractivity contribution in [1.82, 2.24) is 14.9 Å². The van der Waals surface area contributed by atoms with Crippen LogP contribution in [0.5, 0.6) is 0 Å². The van der Waals surface area contributed by atoms with E-state index < -0.39 is 5.54 Å². The number of hydrogen-bond acceptors (Lipinski definition) is 3. The summed E-state index contributed by atoms with van der Waals surface area (Å²) in [4.78, 5) is 22.3. The Balaban J connectivity index is 1.81. The molecule has 0 aromatic carbocycles. The van der Waals surface area contributed by atoms with Crippen LogP contribution in [0.1, 0.15) is 56.1 Å². The second-order valence-electron chi connectivity index (χ2n) is 5.97. The summed E-state index contributed by atoms with van der Waals surface area (Å²) in [6.07, 6.45) is 7.63. The molecular formula is C14H22N4O. The summed E-state index contributed by atoms with van der Waals surface area (Å²) >= 11 is 0. The van der Waals surface area contributed by atoms with Crippen LogP contribution in [-0.4, -0.2) is 32.9 Å². The molecule has 1 saturated heterocycles. The molecule has 3 N–H and O–H groups in total. The van der Waals surface area contributed by atoms with Crippen LogP contribution in [0.25, 0.3) is 0 Å². The van der Waals surface area contributed by atoms with Crippen molar-refractivity contribution in [2.24, 2.45) is 5.73 Å². The van der Waals surface area contributed by atoms with Gasteiger partial charge in [0.25, 0.3) is 0 Å². The lowest BCUT2D eigenvalue weighted by molar-refractivity contribution is -0.138. The quantitative estimate of drug-likeness (QED) is 0.851. The number of imidazole rings is 1. The van der Waals surface area contributed by atoms with Crippen molar-refractivity contribution in [3.63, 3.8) is 0 Å². The molecule has 1 atom stereocenters. The molecule has 1 aromatic rings. The van der Waals surface area contributed by atoms with Crippen molar-refractivity contribution in [3.05, 3.63) is 17.7 Å². The molecule has 1 aliphatic heterocycles. The molecule has 5 heteroatoms. The van der Waals surface area contributed by atoms with E-state index in [-0.39, 0.29) is 11.9 Å². The minimum atomic E-state index is -0.621. The van der Waals surface area contributed by atoms with Crippen molar-refractivity contribution in [3.8, 4) is 0 Å². The molecule has 2 heterocycles. The van der Waals surface area contributed by atoms with Crippen molar-refractivity contribution < 1.29 is 4.79 Å². The van der Waals surface area contributed by atoms with Crippen molar-refractivity contribution in [2.45, 2.75) is 57.0 Å². The third kappa shape index (κ3) is 2.16. The highest BCUT2D eigenvalue weighted by Crippen LogP contribution is 2.36. The molecule has 1 saturated carbocycles. The van der Waals surface area contributed by atoms with Gasteiger partial charge in [-0.15, -0.1) is 0 Å². The number of nitrogens with two attached hydrogens (primary N) is 1. The van der Waals surface area contributed by atoms with E-state index in [9.17, 15) is 4.79 Å². The summed E-state index contributed by atoms with van der Waals surface area (Å²) in [5.41, 5.74) is 6.72. The first-order valence-electron chi connectivity index (χ1n) is 7.22. The molecule has 1 aliphatic carbocycles. The highest BCUT2D eigenvalue weighted by Gasteiger charge is 2.43. The Morgan fingerprint density at radius 3 is 2.84 bits per heavy atom. The molecule has 1 amide bonds. The van der Waals surface area contributed by atoms with Crippen molar-refractivity contribution >= 4 is 5.91 Å². The summed E-state index contributed by atoms with van der Waals surface area (Å²) in [7, 11) is 0. The maximum Gasteiger partial charge on any atom is 0.243 e. The average Bonchev–Trinajstić information content (AvgIpc) is 3.08. The Labute approximate surface area is 113 Å². The average molecular weight is 262 g/mol. The first-order valence-corrected chi connectivity index (χ1v) is 7.22. The van der Waals surface area contributed by atoms with E-state index in [2.05, 4.69) is 9.97 Å². The van der Waals surface area contributed by atoms with E-state index in [0.29, 0.717) is 0 Å². The van der Waals surface area contributed by atoms with Gasteiger partial charge < -0.3 is 15.6 Å². The molecule has 2 fully saturated rings. The number of carbonyl (C=O) groups excluding carboxylic acids is 1. The van der Waals surface area contributed by atoms with E-state index in [1.54, 1.807) is 0 Å². The van der Waals surface area contributed by atoms with Crippen LogP contribution in [0.2, 0.25) is 0 Å². The Hall–Kier alpha value is -1.36. The maximum absolute atomic E-state index is 12.7. The molecule has 0 bridgehead atoms. The Kier molecular flexibility index (Phi) is 3.09. The van der Waals surface area contributed by atoms with Gasteiger partial charge in [-0.25, -0.2) is 4.98 Å². The topological polar surface area (TPSA) is 75.0 Å². The van der Waals surface area contributed by atoms with Gasteiger partial charge in [0.15, 0.2) is 0 Å². The van der Waals surface area contributed by atoms with Gasteiger partial charge in [0.05, 0.1) is 11.6 Å². The summed E-state index contributed by atoms with van der Waals surface area (Å²) < 4.78 is 0. The molecule has 104 valence electrons. The van der Waals surface area contributed by atoms with E-state index in [4.69, 9.17) is 5.73 Å². The zero-order valence-corrected chi connectivity index (χ0v) is 11.5. The lowest BCUT2D eigenvalue weighted by atomic mass is 9.96. The predicted octanol–water partition coefficient (Wildman–Crippen LogP) is 1.65. The number of amides is 1. The number of aromatic amines is 1. The molecule has 0 radical (unpaired) electrons. The van der Waals surface area contributed by atoms with Crippen LogP contribution < -0.4 is 5.73 Å². The van der Waals surface area contributed by atoms with Gasteiger partial charge >= 0.3 is 0 Å². The van der Waals surface area contributed by atoms with E-state index in [1.165, 1.54) is 0 Å². The standard InChI is InChI=1S/C14H22N4O/c1-10-9-16-12(17-10)11-5-4-8-18(11)13(19)14(15)6-2-3-7-14/h9,11H,2-8,15H2,1H3,(H,16,17). The van der Waals surface area contributed by atoms with Gasteiger partial charge in [-0.05, 0) is 32.6 Å². The van der Waals surface area contributed by atoms with Gasteiger partial charge in [-0.1, -0.05) is 12.8 Å². The Bertz CT molecular complexity index is 476.